The Morgan fingerprint density at radius 3 is 2.59 bits per heavy atom. The van der Waals surface area contributed by atoms with E-state index in [9.17, 15) is 4.79 Å². The number of hydrogen-bond acceptors (Lipinski definition) is 2. The van der Waals surface area contributed by atoms with Crippen LogP contribution >= 0.6 is 27.3 Å². The number of nitrogens with one attached hydrogen (secondary N) is 1. The Balaban J connectivity index is 2.08. The maximum absolute atomic E-state index is 11.6. The first-order valence-corrected chi connectivity index (χ1v) is 7.99. The van der Waals surface area contributed by atoms with Gasteiger partial charge in [0.05, 0.1) is 10.2 Å². The van der Waals surface area contributed by atoms with Crippen molar-refractivity contribution in [1.29, 1.82) is 0 Å². The fourth-order valence-electron chi connectivity index (χ4n) is 1.65. The van der Waals surface area contributed by atoms with Crippen LogP contribution in [-0.2, 0) is 4.79 Å². The lowest BCUT2D eigenvalue weighted by molar-refractivity contribution is -0.116. The fraction of sp³-hybridized carbons (Fsp3) is 0.615. The Labute approximate surface area is 116 Å². The zero-order valence-corrected chi connectivity index (χ0v) is 12.7. The molecular weight excluding hydrogens is 298 g/mol. The molecule has 96 valence electrons. The Morgan fingerprint density at radius 2 is 1.94 bits per heavy atom. The van der Waals surface area contributed by atoms with Gasteiger partial charge in [-0.2, -0.15) is 0 Å². The number of thiophene rings is 1. The van der Waals surface area contributed by atoms with Gasteiger partial charge in [0.1, 0.15) is 0 Å². The van der Waals surface area contributed by atoms with Gasteiger partial charge in [0.15, 0.2) is 0 Å². The van der Waals surface area contributed by atoms with E-state index in [4.69, 9.17) is 0 Å². The van der Waals surface area contributed by atoms with Gasteiger partial charge < -0.3 is 5.32 Å². The second kappa shape index (κ2) is 8.70. The molecule has 1 rings (SSSR count). The van der Waals surface area contributed by atoms with Gasteiger partial charge in [-0.15, -0.1) is 11.3 Å². The monoisotopic (exact) mass is 317 g/mol. The Kier molecular flexibility index (Phi) is 7.53. The normalized spacial score (nSPS) is 10.5. The summed E-state index contributed by atoms with van der Waals surface area (Å²) >= 11 is 4.98. The predicted molar refractivity (Wildman–Crippen MR) is 78.6 cm³/mol. The van der Waals surface area contributed by atoms with Gasteiger partial charge in [-0.05, 0) is 22.4 Å². The molecule has 1 aromatic heterocycles. The summed E-state index contributed by atoms with van der Waals surface area (Å²) in [6, 6.07) is 0. The summed E-state index contributed by atoms with van der Waals surface area (Å²) in [6.45, 7) is 2.21. The molecule has 0 atom stereocenters. The highest BCUT2D eigenvalue weighted by Gasteiger charge is 2.05. The topological polar surface area (TPSA) is 29.1 Å². The van der Waals surface area contributed by atoms with Crippen molar-refractivity contribution in [3.8, 4) is 0 Å². The van der Waals surface area contributed by atoms with Crippen LogP contribution in [-0.4, -0.2) is 5.91 Å². The molecule has 1 N–H and O–H groups in total. The quantitative estimate of drug-likeness (QED) is 0.656. The summed E-state index contributed by atoms with van der Waals surface area (Å²) in [5.41, 5.74) is 0.894. The van der Waals surface area contributed by atoms with Gasteiger partial charge in [-0.25, -0.2) is 0 Å². The van der Waals surface area contributed by atoms with Crippen molar-refractivity contribution < 1.29 is 4.79 Å². The molecule has 0 unspecified atom stereocenters. The first-order valence-electron chi connectivity index (χ1n) is 6.25. The minimum Gasteiger partial charge on any atom is -0.324 e. The molecule has 0 fully saturated rings. The Morgan fingerprint density at radius 1 is 1.24 bits per heavy atom. The molecular formula is C13H20BrNOS. The number of anilines is 1. The second-order valence-electron chi connectivity index (χ2n) is 4.20. The van der Waals surface area contributed by atoms with Crippen molar-refractivity contribution in [3.63, 3.8) is 0 Å². The molecule has 0 saturated heterocycles. The van der Waals surface area contributed by atoms with Crippen LogP contribution in [0.5, 0.6) is 0 Å². The third kappa shape index (κ3) is 6.22. The van der Waals surface area contributed by atoms with Crippen LogP contribution in [0, 0.1) is 0 Å². The van der Waals surface area contributed by atoms with E-state index in [1.807, 2.05) is 10.8 Å². The molecule has 0 radical (unpaired) electrons. The number of hydrogen-bond donors (Lipinski definition) is 1. The van der Waals surface area contributed by atoms with Crippen molar-refractivity contribution >= 4 is 38.9 Å². The number of rotatable bonds is 8. The zero-order valence-electron chi connectivity index (χ0n) is 10.3. The first-order chi connectivity index (χ1) is 8.24. The summed E-state index contributed by atoms with van der Waals surface area (Å²) in [4.78, 5) is 11.6. The molecule has 0 aliphatic heterocycles. The van der Waals surface area contributed by atoms with Crippen LogP contribution in [0.25, 0.3) is 0 Å². The largest absolute Gasteiger partial charge is 0.324 e. The van der Waals surface area contributed by atoms with Gasteiger partial charge in [-0.1, -0.05) is 39.0 Å². The molecule has 2 nitrogen and oxygen atoms in total. The standard InChI is InChI=1S/C13H20BrNOS/c1-2-3-4-5-6-7-8-13(16)15-12-10-17-9-11(12)14/h9-10H,2-8H2,1H3,(H,15,16). The molecule has 0 aliphatic rings. The molecule has 0 bridgehead atoms. The molecule has 0 spiro atoms. The van der Waals surface area contributed by atoms with Crippen LogP contribution in [0.1, 0.15) is 51.9 Å². The van der Waals surface area contributed by atoms with E-state index in [-0.39, 0.29) is 5.91 Å². The predicted octanol–water partition coefficient (Wildman–Crippen LogP) is 5.20. The molecule has 1 heterocycles. The molecule has 17 heavy (non-hydrogen) atoms. The smallest absolute Gasteiger partial charge is 0.224 e. The summed E-state index contributed by atoms with van der Waals surface area (Å²) in [7, 11) is 0. The SMILES string of the molecule is CCCCCCCCC(=O)Nc1cscc1Br. The summed E-state index contributed by atoms with van der Waals surface area (Å²) in [5, 5.41) is 6.84. The van der Waals surface area contributed by atoms with Crippen LogP contribution in [0.3, 0.4) is 0 Å². The van der Waals surface area contributed by atoms with Crippen LogP contribution in [0.2, 0.25) is 0 Å². The number of carbonyl (C=O) groups excluding carboxylic acids is 1. The van der Waals surface area contributed by atoms with Crippen molar-refractivity contribution in [3.05, 3.63) is 15.2 Å². The van der Waals surface area contributed by atoms with Crippen molar-refractivity contribution in [2.45, 2.75) is 51.9 Å². The van der Waals surface area contributed by atoms with Gasteiger partial charge in [-0.3, -0.25) is 4.79 Å². The first kappa shape index (κ1) is 14.7. The van der Waals surface area contributed by atoms with Crippen LogP contribution in [0.4, 0.5) is 5.69 Å². The molecule has 4 heteroatoms. The minimum absolute atomic E-state index is 0.125. The molecule has 1 amide bonds. The Hall–Kier alpha value is -0.350. The fourth-order valence-corrected chi connectivity index (χ4v) is 2.97. The highest BCUT2D eigenvalue weighted by atomic mass is 79.9. The summed E-state index contributed by atoms with van der Waals surface area (Å²) < 4.78 is 0.971. The highest BCUT2D eigenvalue weighted by Crippen LogP contribution is 2.26. The summed E-state index contributed by atoms with van der Waals surface area (Å²) in [5.74, 6) is 0.125. The zero-order chi connectivity index (χ0) is 12.5. The third-order valence-electron chi connectivity index (χ3n) is 2.65. The lowest BCUT2D eigenvalue weighted by Crippen LogP contribution is -2.10. The minimum atomic E-state index is 0.125. The van der Waals surface area contributed by atoms with Crippen molar-refractivity contribution in [2.24, 2.45) is 0 Å². The summed E-state index contributed by atoms with van der Waals surface area (Å²) in [6.07, 6.45) is 7.93. The lowest BCUT2D eigenvalue weighted by Gasteiger charge is -2.03. The van der Waals surface area contributed by atoms with Crippen molar-refractivity contribution in [1.82, 2.24) is 0 Å². The average Bonchev–Trinajstić information content (AvgIpc) is 2.69. The average molecular weight is 318 g/mol. The molecule has 0 aliphatic carbocycles. The molecule has 1 aromatic rings. The van der Waals surface area contributed by atoms with Crippen LogP contribution in [0.15, 0.2) is 15.2 Å². The second-order valence-corrected chi connectivity index (χ2v) is 5.80. The van der Waals surface area contributed by atoms with Crippen LogP contribution < -0.4 is 5.32 Å². The number of unbranched alkanes of at least 4 members (excludes halogenated alkanes) is 5. The molecule has 0 aromatic carbocycles. The maximum atomic E-state index is 11.6. The van der Waals surface area contributed by atoms with Gasteiger partial charge in [0.2, 0.25) is 5.91 Å². The maximum Gasteiger partial charge on any atom is 0.224 e. The van der Waals surface area contributed by atoms with E-state index in [0.717, 1.165) is 23.0 Å². The number of halogens is 1. The highest BCUT2D eigenvalue weighted by molar-refractivity contribution is 9.10. The van der Waals surface area contributed by atoms with E-state index in [2.05, 4.69) is 28.2 Å². The van der Waals surface area contributed by atoms with Gasteiger partial charge >= 0.3 is 0 Å². The number of carbonyl (C=O) groups is 1. The van der Waals surface area contributed by atoms with E-state index in [1.54, 1.807) is 11.3 Å². The molecule has 0 saturated carbocycles. The third-order valence-corrected chi connectivity index (χ3v) is 4.35. The lowest BCUT2D eigenvalue weighted by atomic mass is 10.1. The van der Waals surface area contributed by atoms with E-state index in [0.29, 0.717) is 6.42 Å². The number of amides is 1. The Bertz CT molecular complexity index is 338. The van der Waals surface area contributed by atoms with Crippen molar-refractivity contribution in [2.75, 3.05) is 5.32 Å². The van der Waals surface area contributed by atoms with E-state index in [1.165, 1.54) is 25.7 Å². The van der Waals surface area contributed by atoms with E-state index >= 15 is 0 Å². The van der Waals surface area contributed by atoms with Gasteiger partial charge in [0, 0.05) is 17.2 Å². The van der Waals surface area contributed by atoms with E-state index < -0.39 is 0 Å². The van der Waals surface area contributed by atoms with Gasteiger partial charge in [0.25, 0.3) is 0 Å².